The van der Waals surface area contributed by atoms with Gasteiger partial charge in [0.1, 0.15) is 0 Å². The van der Waals surface area contributed by atoms with Crippen molar-refractivity contribution in [2.24, 2.45) is 0 Å². The van der Waals surface area contributed by atoms with Gasteiger partial charge in [0.15, 0.2) is 11.5 Å². The van der Waals surface area contributed by atoms with Crippen LogP contribution in [-0.2, 0) is 16.1 Å². The molecule has 0 aliphatic heterocycles. The molecule has 0 spiro atoms. The fraction of sp³-hybridized carbons (Fsp3) is 0.333. The van der Waals surface area contributed by atoms with Gasteiger partial charge in [0, 0.05) is 30.4 Å². The maximum absolute atomic E-state index is 12.6. The summed E-state index contributed by atoms with van der Waals surface area (Å²) in [6, 6.07) is 12.3. The van der Waals surface area contributed by atoms with Crippen molar-refractivity contribution >= 4 is 23.2 Å². The van der Waals surface area contributed by atoms with Gasteiger partial charge in [-0.15, -0.1) is 0 Å². The van der Waals surface area contributed by atoms with Gasteiger partial charge in [-0.2, -0.15) is 0 Å². The standard InChI is InChI=1S/C21H27N3O4/c1-14(21(26)23-18-11-9-17(10-12-18)22-15(2)25)24(3)13-16-7-6-8-19(27-4)20(16)28-5/h6-12,14H,13H2,1-5H3,(H,22,25)(H,23,26)/t14-/m0/s1. The molecule has 7 nitrogen and oxygen atoms in total. The minimum absolute atomic E-state index is 0.128. The molecule has 0 bridgehead atoms. The van der Waals surface area contributed by atoms with Crippen molar-refractivity contribution in [2.45, 2.75) is 26.4 Å². The first-order valence-corrected chi connectivity index (χ1v) is 8.94. The van der Waals surface area contributed by atoms with Gasteiger partial charge in [0.2, 0.25) is 11.8 Å². The van der Waals surface area contributed by atoms with E-state index in [1.807, 2.05) is 37.1 Å². The number of hydrogen-bond donors (Lipinski definition) is 2. The molecular weight excluding hydrogens is 358 g/mol. The molecule has 0 aliphatic rings. The number of amides is 2. The highest BCUT2D eigenvalue weighted by molar-refractivity contribution is 5.95. The predicted octanol–water partition coefficient (Wildman–Crippen LogP) is 3.12. The average molecular weight is 385 g/mol. The predicted molar refractivity (Wildman–Crippen MR) is 110 cm³/mol. The van der Waals surface area contributed by atoms with E-state index in [2.05, 4.69) is 10.6 Å². The van der Waals surface area contributed by atoms with Crippen LogP contribution >= 0.6 is 0 Å². The molecule has 0 aromatic heterocycles. The lowest BCUT2D eigenvalue weighted by molar-refractivity contribution is -0.120. The minimum atomic E-state index is -0.370. The third kappa shape index (κ3) is 5.47. The summed E-state index contributed by atoms with van der Waals surface area (Å²) in [6.07, 6.45) is 0. The Morgan fingerprint density at radius 2 is 1.61 bits per heavy atom. The van der Waals surface area contributed by atoms with E-state index in [-0.39, 0.29) is 17.9 Å². The van der Waals surface area contributed by atoms with Crippen LogP contribution in [0.3, 0.4) is 0 Å². The zero-order valence-corrected chi connectivity index (χ0v) is 16.9. The second-order valence-electron chi connectivity index (χ2n) is 6.49. The summed E-state index contributed by atoms with van der Waals surface area (Å²) in [7, 11) is 5.07. The number of nitrogens with one attached hydrogen (secondary N) is 2. The van der Waals surface area contributed by atoms with Gasteiger partial charge in [-0.1, -0.05) is 12.1 Å². The van der Waals surface area contributed by atoms with E-state index < -0.39 is 0 Å². The Morgan fingerprint density at radius 3 is 2.14 bits per heavy atom. The number of carbonyl (C=O) groups is 2. The smallest absolute Gasteiger partial charge is 0.241 e. The molecule has 0 aliphatic carbocycles. The average Bonchev–Trinajstić information content (AvgIpc) is 2.68. The molecule has 0 saturated carbocycles. The fourth-order valence-corrected chi connectivity index (χ4v) is 2.77. The zero-order chi connectivity index (χ0) is 20.7. The van der Waals surface area contributed by atoms with Crippen molar-refractivity contribution in [3.63, 3.8) is 0 Å². The summed E-state index contributed by atoms with van der Waals surface area (Å²) in [5, 5.41) is 5.58. The van der Waals surface area contributed by atoms with Crippen LogP contribution in [0.5, 0.6) is 11.5 Å². The Kier molecular flexibility index (Phi) is 7.40. The lowest BCUT2D eigenvalue weighted by atomic mass is 10.1. The Bertz CT molecular complexity index is 821. The quantitative estimate of drug-likeness (QED) is 0.730. The first-order valence-electron chi connectivity index (χ1n) is 8.94. The fourth-order valence-electron chi connectivity index (χ4n) is 2.77. The van der Waals surface area contributed by atoms with Crippen LogP contribution in [0.4, 0.5) is 11.4 Å². The topological polar surface area (TPSA) is 79.9 Å². The molecule has 2 rings (SSSR count). The summed E-state index contributed by atoms with van der Waals surface area (Å²) in [6.45, 7) is 3.81. The molecule has 7 heteroatoms. The molecule has 0 unspecified atom stereocenters. The Balaban J connectivity index is 2.02. The summed E-state index contributed by atoms with van der Waals surface area (Å²) >= 11 is 0. The maximum atomic E-state index is 12.6. The summed E-state index contributed by atoms with van der Waals surface area (Å²) in [4.78, 5) is 25.6. The normalized spacial score (nSPS) is 11.6. The minimum Gasteiger partial charge on any atom is -0.493 e. The van der Waals surface area contributed by atoms with Crippen LogP contribution in [0.15, 0.2) is 42.5 Å². The number of carbonyl (C=O) groups excluding carboxylic acids is 2. The van der Waals surface area contributed by atoms with Crippen LogP contribution in [0.2, 0.25) is 0 Å². The zero-order valence-electron chi connectivity index (χ0n) is 16.9. The monoisotopic (exact) mass is 385 g/mol. The van der Waals surface area contributed by atoms with E-state index in [9.17, 15) is 9.59 Å². The molecule has 2 N–H and O–H groups in total. The third-order valence-electron chi connectivity index (χ3n) is 4.42. The number of likely N-dealkylation sites (N-methyl/N-ethyl adjacent to an activating group) is 1. The van der Waals surface area contributed by atoms with Gasteiger partial charge < -0.3 is 20.1 Å². The van der Waals surface area contributed by atoms with Gasteiger partial charge >= 0.3 is 0 Å². The first-order chi connectivity index (χ1) is 13.3. The van der Waals surface area contributed by atoms with Crippen molar-refractivity contribution in [3.8, 4) is 11.5 Å². The van der Waals surface area contributed by atoms with Crippen LogP contribution < -0.4 is 20.1 Å². The van der Waals surface area contributed by atoms with E-state index >= 15 is 0 Å². The van der Waals surface area contributed by atoms with Crippen molar-refractivity contribution in [1.82, 2.24) is 4.90 Å². The molecule has 2 amide bonds. The summed E-state index contributed by atoms with van der Waals surface area (Å²) in [5.74, 6) is 1.06. The van der Waals surface area contributed by atoms with E-state index in [0.29, 0.717) is 29.4 Å². The molecule has 0 fully saturated rings. The lowest BCUT2D eigenvalue weighted by Crippen LogP contribution is -2.39. The van der Waals surface area contributed by atoms with Gasteiger partial charge in [-0.3, -0.25) is 14.5 Å². The molecular formula is C21H27N3O4. The molecule has 1 atom stereocenters. The summed E-state index contributed by atoms with van der Waals surface area (Å²) < 4.78 is 10.8. The molecule has 0 heterocycles. The highest BCUT2D eigenvalue weighted by Crippen LogP contribution is 2.31. The number of methoxy groups -OCH3 is 2. The Morgan fingerprint density at radius 1 is 1.00 bits per heavy atom. The van der Waals surface area contributed by atoms with Crippen LogP contribution in [-0.4, -0.2) is 44.0 Å². The van der Waals surface area contributed by atoms with Gasteiger partial charge in [-0.05, 0) is 44.3 Å². The van der Waals surface area contributed by atoms with E-state index in [1.54, 1.807) is 38.5 Å². The molecule has 150 valence electrons. The largest absolute Gasteiger partial charge is 0.493 e. The number of anilines is 2. The summed E-state index contributed by atoms with van der Waals surface area (Å²) in [5.41, 5.74) is 2.28. The molecule has 28 heavy (non-hydrogen) atoms. The number of ether oxygens (including phenoxy) is 2. The van der Waals surface area contributed by atoms with Gasteiger partial charge in [-0.25, -0.2) is 0 Å². The molecule has 0 saturated heterocycles. The Labute approximate surface area is 165 Å². The number of benzene rings is 2. The molecule has 2 aromatic rings. The molecule has 2 aromatic carbocycles. The SMILES string of the molecule is COc1cccc(CN(C)[C@@H](C)C(=O)Nc2ccc(NC(C)=O)cc2)c1OC. The van der Waals surface area contributed by atoms with E-state index in [4.69, 9.17) is 9.47 Å². The second kappa shape index (κ2) is 9.75. The first kappa shape index (κ1) is 21.2. The van der Waals surface area contributed by atoms with Gasteiger partial charge in [0.25, 0.3) is 0 Å². The third-order valence-corrected chi connectivity index (χ3v) is 4.42. The van der Waals surface area contributed by atoms with Crippen molar-refractivity contribution in [3.05, 3.63) is 48.0 Å². The number of nitrogens with zero attached hydrogens (tertiary/aromatic N) is 1. The van der Waals surface area contributed by atoms with Crippen molar-refractivity contribution < 1.29 is 19.1 Å². The van der Waals surface area contributed by atoms with Crippen molar-refractivity contribution in [2.75, 3.05) is 31.9 Å². The Hall–Kier alpha value is -3.06. The van der Waals surface area contributed by atoms with Crippen LogP contribution in [0, 0.1) is 0 Å². The highest BCUT2D eigenvalue weighted by Gasteiger charge is 2.20. The maximum Gasteiger partial charge on any atom is 0.241 e. The van der Waals surface area contributed by atoms with Crippen LogP contribution in [0.25, 0.3) is 0 Å². The highest BCUT2D eigenvalue weighted by atomic mass is 16.5. The lowest BCUT2D eigenvalue weighted by Gasteiger charge is -2.25. The van der Waals surface area contributed by atoms with Crippen LogP contribution in [0.1, 0.15) is 19.4 Å². The molecule has 0 radical (unpaired) electrons. The second-order valence-corrected chi connectivity index (χ2v) is 6.49. The number of hydrogen-bond acceptors (Lipinski definition) is 5. The van der Waals surface area contributed by atoms with E-state index in [0.717, 1.165) is 5.56 Å². The number of para-hydroxylation sites is 1. The van der Waals surface area contributed by atoms with E-state index in [1.165, 1.54) is 6.92 Å². The number of rotatable bonds is 8. The van der Waals surface area contributed by atoms with Gasteiger partial charge in [0.05, 0.1) is 20.3 Å². The van der Waals surface area contributed by atoms with Crippen molar-refractivity contribution in [1.29, 1.82) is 0 Å².